The van der Waals surface area contributed by atoms with Gasteiger partial charge in [0.15, 0.2) is 0 Å². The maximum absolute atomic E-state index is 4.11. The van der Waals surface area contributed by atoms with E-state index in [4.69, 9.17) is 0 Å². The Labute approximate surface area is 78.8 Å². The van der Waals surface area contributed by atoms with Gasteiger partial charge in [0.05, 0.1) is 0 Å². The largest absolute Gasteiger partial charge is 0.0649 e. The van der Waals surface area contributed by atoms with Gasteiger partial charge >= 0.3 is 0 Å². The van der Waals surface area contributed by atoms with E-state index in [-0.39, 0.29) is 0 Å². The minimum atomic E-state index is 0.464. The fourth-order valence-corrected chi connectivity index (χ4v) is 1.53. The summed E-state index contributed by atoms with van der Waals surface area (Å²) in [5, 5.41) is 0. The van der Waals surface area contributed by atoms with Crippen LogP contribution < -0.4 is 0 Å². The Morgan fingerprint density at radius 2 is 1.58 bits per heavy atom. The molecule has 3 atom stereocenters. The standard InChI is InChI=1S/C12H25/c1-8-12(6,7)11(5)10(4)9(2)3/h9-11H,2,8H2,1,3-7H3. The van der Waals surface area contributed by atoms with Crippen molar-refractivity contribution >= 4 is 0 Å². The average molecular weight is 169 g/mol. The van der Waals surface area contributed by atoms with Gasteiger partial charge in [-0.05, 0) is 23.2 Å². The molecule has 0 nitrogen and oxygen atoms in total. The minimum Gasteiger partial charge on any atom is -0.0649 e. The Balaban J connectivity index is 4.27. The summed E-state index contributed by atoms with van der Waals surface area (Å²) in [5.74, 6) is 2.04. The second-order valence-electron chi connectivity index (χ2n) is 4.97. The van der Waals surface area contributed by atoms with E-state index in [1.165, 1.54) is 6.42 Å². The summed E-state index contributed by atoms with van der Waals surface area (Å²) in [6.07, 6.45) is 1.26. The number of hydrogen-bond donors (Lipinski definition) is 0. The molecule has 0 amide bonds. The van der Waals surface area contributed by atoms with E-state index in [0.29, 0.717) is 11.3 Å². The van der Waals surface area contributed by atoms with Crippen molar-refractivity contribution in [2.75, 3.05) is 0 Å². The molecule has 0 aromatic rings. The van der Waals surface area contributed by atoms with E-state index < -0.39 is 0 Å². The highest BCUT2D eigenvalue weighted by molar-refractivity contribution is 4.80. The molecule has 1 radical (unpaired) electrons. The Bertz CT molecular complexity index is 122. The lowest BCUT2D eigenvalue weighted by Gasteiger charge is -2.37. The summed E-state index contributed by atoms with van der Waals surface area (Å²) in [7, 11) is 0. The van der Waals surface area contributed by atoms with Crippen molar-refractivity contribution in [3.05, 3.63) is 6.92 Å². The summed E-state index contributed by atoms with van der Waals surface area (Å²) in [4.78, 5) is 0. The highest BCUT2D eigenvalue weighted by Gasteiger charge is 2.29. The molecular formula is C12H25. The fourth-order valence-electron chi connectivity index (χ4n) is 1.53. The summed E-state index contributed by atoms with van der Waals surface area (Å²) < 4.78 is 0. The van der Waals surface area contributed by atoms with Gasteiger partial charge in [-0.3, -0.25) is 0 Å². The first-order valence-corrected chi connectivity index (χ1v) is 5.16. The fraction of sp³-hybridized carbons (Fsp3) is 0.917. The maximum Gasteiger partial charge on any atom is -0.0329 e. The van der Waals surface area contributed by atoms with Crippen LogP contribution in [0.25, 0.3) is 0 Å². The molecular weight excluding hydrogens is 144 g/mol. The predicted octanol–water partition coefficient (Wildman–Crippen LogP) is 4.16. The second kappa shape index (κ2) is 4.30. The second-order valence-corrected chi connectivity index (χ2v) is 4.97. The van der Waals surface area contributed by atoms with E-state index >= 15 is 0 Å². The Morgan fingerprint density at radius 3 is 1.83 bits per heavy atom. The Kier molecular flexibility index (Phi) is 4.30. The van der Waals surface area contributed by atoms with Crippen molar-refractivity contribution in [1.82, 2.24) is 0 Å². The normalized spacial score (nSPS) is 18.0. The van der Waals surface area contributed by atoms with E-state index in [0.717, 1.165) is 11.8 Å². The monoisotopic (exact) mass is 169 g/mol. The molecule has 0 bridgehead atoms. The van der Waals surface area contributed by atoms with Gasteiger partial charge in [-0.15, -0.1) is 0 Å². The van der Waals surface area contributed by atoms with E-state index in [1.807, 2.05) is 0 Å². The Morgan fingerprint density at radius 1 is 1.17 bits per heavy atom. The van der Waals surface area contributed by atoms with Crippen molar-refractivity contribution in [2.45, 2.75) is 48.0 Å². The molecule has 0 aliphatic rings. The van der Waals surface area contributed by atoms with Gasteiger partial charge < -0.3 is 0 Å². The molecule has 12 heavy (non-hydrogen) atoms. The molecule has 0 rings (SSSR count). The van der Waals surface area contributed by atoms with Gasteiger partial charge in [0.1, 0.15) is 0 Å². The summed E-state index contributed by atoms with van der Waals surface area (Å²) >= 11 is 0. The molecule has 0 fully saturated rings. The molecule has 73 valence electrons. The zero-order valence-corrected chi connectivity index (χ0v) is 9.65. The van der Waals surface area contributed by atoms with Crippen molar-refractivity contribution in [2.24, 2.45) is 23.2 Å². The van der Waals surface area contributed by atoms with Gasteiger partial charge in [-0.25, -0.2) is 0 Å². The van der Waals surface area contributed by atoms with Crippen LogP contribution in [0.2, 0.25) is 0 Å². The van der Waals surface area contributed by atoms with Crippen LogP contribution in [0.4, 0.5) is 0 Å². The van der Waals surface area contributed by atoms with Crippen molar-refractivity contribution in [3.63, 3.8) is 0 Å². The van der Waals surface area contributed by atoms with Crippen LogP contribution in [0.5, 0.6) is 0 Å². The molecule has 0 spiro atoms. The van der Waals surface area contributed by atoms with Crippen molar-refractivity contribution < 1.29 is 0 Å². The third-order valence-electron chi connectivity index (χ3n) is 3.83. The van der Waals surface area contributed by atoms with Gasteiger partial charge in [0, 0.05) is 0 Å². The highest BCUT2D eigenvalue weighted by atomic mass is 14.3. The molecule has 3 unspecified atom stereocenters. The zero-order chi connectivity index (χ0) is 9.94. The first-order valence-electron chi connectivity index (χ1n) is 5.16. The van der Waals surface area contributed by atoms with Gasteiger partial charge in [-0.2, -0.15) is 0 Å². The third kappa shape index (κ3) is 2.80. The number of hydrogen-bond acceptors (Lipinski definition) is 0. The van der Waals surface area contributed by atoms with Crippen molar-refractivity contribution in [1.29, 1.82) is 0 Å². The van der Waals surface area contributed by atoms with E-state index in [9.17, 15) is 0 Å². The SMILES string of the molecule is [CH2]C(C)C(C)C(C)C(C)(C)CC. The zero-order valence-electron chi connectivity index (χ0n) is 9.65. The van der Waals surface area contributed by atoms with Crippen LogP contribution in [0.15, 0.2) is 0 Å². The first-order chi connectivity index (χ1) is 5.33. The summed E-state index contributed by atoms with van der Waals surface area (Å²) in [5.41, 5.74) is 0.464. The maximum atomic E-state index is 4.11. The van der Waals surface area contributed by atoms with Crippen LogP contribution in [0.1, 0.15) is 48.0 Å². The van der Waals surface area contributed by atoms with Crippen LogP contribution in [-0.2, 0) is 0 Å². The molecule has 0 heterocycles. The lowest BCUT2D eigenvalue weighted by molar-refractivity contribution is 0.136. The Hall–Kier alpha value is 0. The van der Waals surface area contributed by atoms with Crippen molar-refractivity contribution in [3.8, 4) is 0 Å². The molecule has 0 aromatic heterocycles. The smallest absolute Gasteiger partial charge is 0.0329 e. The molecule has 0 aliphatic heterocycles. The third-order valence-corrected chi connectivity index (χ3v) is 3.83. The lowest BCUT2D eigenvalue weighted by Crippen LogP contribution is -2.29. The summed E-state index contributed by atoms with van der Waals surface area (Å²) in [6, 6.07) is 0. The van der Waals surface area contributed by atoms with Gasteiger partial charge in [0.2, 0.25) is 0 Å². The van der Waals surface area contributed by atoms with Gasteiger partial charge in [-0.1, -0.05) is 54.9 Å². The van der Waals surface area contributed by atoms with Gasteiger partial charge in [0.25, 0.3) is 0 Å². The van der Waals surface area contributed by atoms with E-state index in [1.54, 1.807) is 0 Å². The van der Waals surface area contributed by atoms with Crippen LogP contribution in [-0.4, -0.2) is 0 Å². The van der Waals surface area contributed by atoms with Crippen LogP contribution in [0.3, 0.4) is 0 Å². The van der Waals surface area contributed by atoms with Crippen LogP contribution >= 0.6 is 0 Å². The minimum absolute atomic E-state index is 0.464. The molecule has 0 aliphatic carbocycles. The predicted molar refractivity (Wildman–Crippen MR) is 56.9 cm³/mol. The van der Waals surface area contributed by atoms with Crippen LogP contribution in [0, 0.1) is 30.1 Å². The quantitative estimate of drug-likeness (QED) is 0.592. The molecule has 0 heteroatoms. The highest BCUT2D eigenvalue weighted by Crippen LogP contribution is 2.37. The summed E-state index contributed by atoms with van der Waals surface area (Å²) in [6.45, 7) is 18.0. The molecule has 0 saturated carbocycles. The topological polar surface area (TPSA) is 0 Å². The average Bonchev–Trinajstić information content (AvgIpc) is 2.01. The molecule has 0 aromatic carbocycles. The van der Waals surface area contributed by atoms with E-state index in [2.05, 4.69) is 48.5 Å². The lowest BCUT2D eigenvalue weighted by atomic mass is 9.69. The molecule has 0 saturated heterocycles. The first kappa shape index (κ1) is 12.0. The molecule has 0 N–H and O–H groups in total. The number of rotatable bonds is 4.